The van der Waals surface area contributed by atoms with Crippen LogP contribution in [-0.2, 0) is 14.4 Å². The number of aliphatic hydroxyl groups excluding tert-OH is 1. The number of ketones is 1. The molecule has 0 aliphatic carbocycles. The van der Waals surface area contributed by atoms with Crippen LogP contribution in [0.1, 0.15) is 84.8 Å². The van der Waals surface area contributed by atoms with E-state index in [4.69, 9.17) is 10.2 Å². The van der Waals surface area contributed by atoms with Gasteiger partial charge in [0.15, 0.2) is 0 Å². The maximum absolute atomic E-state index is 11.2. The fourth-order valence-electron chi connectivity index (χ4n) is 2.76. The van der Waals surface area contributed by atoms with Gasteiger partial charge in [-0.3, -0.25) is 14.4 Å². The molecular weight excluding hydrogens is 478 g/mol. The number of unbranched alkanes of at least 4 members (excludes halogenated alkanes) is 1. The van der Waals surface area contributed by atoms with Crippen molar-refractivity contribution in [3.05, 3.63) is 83.9 Å². The van der Waals surface area contributed by atoms with Crippen molar-refractivity contribution >= 4 is 28.8 Å². The van der Waals surface area contributed by atoms with Crippen LogP contribution in [-0.4, -0.2) is 41.0 Å². The van der Waals surface area contributed by atoms with Crippen LogP contribution in [0.25, 0.3) is 11.1 Å². The molecule has 2 aromatic carbocycles. The van der Waals surface area contributed by atoms with E-state index in [2.05, 4.69) is 37.4 Å². The van der Waals surface area contributed by atoms with Crippen molar-refractivity contribution in [2.24, 2.45) is 0 Å². The van der Waals surface area contributed by atoms with Gasteiger partial charge < -0.3 is 15.5 Å². The molecule has 0 saturated carbocycles. The second-order valence-corrected chi connectivity index (χ2v) is 8.21. The van der Waals surface area contributed by atoms with E-state index in [-0.39, 0.29) is 19.1 Å². The molecule has 0 saturated heterocycles. The van der Waals surface area contributed by atoms with Crippen LogP contribution in [0.2, 0.25) is 0 Å². The summed E-state index contributed by atoms with van der Waals surface area (Å²) in [5, 5.41) is 19.0. The molecule has 210 valence electrons. The van der Waals surface area contributed by atoms with E-state index in [0.717, 1.165) is 17.6 Å². The van der Waals surface area contributed by atoms with Crippen LogP contribution < -0.4 is 5.32 Å². The Balaban J connectivity index is 0. The van der Waals surface area contributed by atoms with Gasteiger partial charge in [0.05, 0.1) is 6.61 Å². The lowest BCUT2D eigenvalue weighted by Crippen LogP contribution is -2.26. The maximum Gasteiger partial charge on any atom is 0.322 e. The second-order valence-electron chi connectivity index (χ2n) is 8.21. The minimum atomic E-state index is -1.03. The topological polar surface area (TPSA) is 104 Å². The Morgan fingerprint density at radius 2 is 1.21 bits per heavy atom. The highest BCUT2D eigenvalue weighted by Crippen LogP contribution is 2.19. The summed E-state index contributed by atoms with van der Waals surface area (Å²) in [6.07, 6.45) is 8.82. The average molecular weight is 526 g/mol. The Hall–Kier alpha value is -3.51. The van der Waals surface area contributed by atoms with Crippen LogP contribution in [0.4, 0.5) is 0 Å². The van der Waals surface area contributed by atoms with Crippen LogP contribution >= 0.6 is 0 Å². The molecule has 0 aliphatic rings. The number of aliphatic hydroxyl groups is 1. The third-order valence-corrected chi connectivity index (χ3v) is 5.21. The number of carbonyl (C=O) groups is 3. The van der Waals surface area contributed by atoms with E-state index in [1.165, 1.54) is 30.9 Å². The monoisotopic (exact) mass is 525 g/mol. The molecule has 6 heteroatoms. The summed E-state index contributed by atoms with van der Waals surface area (Å²) >= 11 is 0. The highest BCUT2D eigenvalue weighted by atomic mass is 16.4. The van der Waals surface area contributed by atoms with Crippen molar-refractivity contribution in [3.63, 3.8) is 0 Å². The lowest BCUT2D eigenvalue weighted by Gasteiger charge is -2.06. The molecule has 0 spiro atoms. The standard InChI is InChI=1S/C14H18O.C10H12O.C4H7NO3.C4H10/c1-3-12(10-11-14(15)4-2)13-8-6-5-7-9-13;1-2-9(8-11)10-6-4-3-5-7-10;1-3(6)5-2-4(7)8;1-3-4-2/h3,5-9H,4,10-11H2,1-2H3;2-7,11H,8H2,1H3;2H2,1H3,(H,5,6)(H,7,8);3-4H2,1-2H3/b12-3-;9-2-;;. The molecule has 0 heterocycles. The number of carboxylic acid groups (broad SMARTS) is 1. The van der Waals surface area contributed by atoms with Gasteiger partial charge in [-0.05, 0) is 42.5 Å². The van der Waals surface area contributed by atoms with Gasteiger partial charge in [-0.1, -0.05) is 106 Å². The number of benzene rings is 2. The summed E-state index contributed by atoms with van der Waals surface area (Å²) in [5.74, 6) is -1.02. The smallest absolute Gasteiger partial charge is 0.322 e. The quantitative estimate of drug-likeness (QED) is 0.311. The zero-order valence-electron chi connectivity index (χ0n) is 24.0. The van der Waals surface area contributed by atoms with Gasteiger partial charge in [-0.15, -0.1) is 0 Å². The number of allylic oxidation sites excluding steroid dienone is 3. The third kappa shape index (κ3) is 20.7. The zero-order valence-corrected chi connectivity index (χ0v) is 24.0. The normalized spacial score (nSPS) is 10.4. The fraction of sp³-hybridized carbons (Fsp3) is 0.406. The molecule has 0 radical (unpaired) electrons. The van der Waals surface area contributed by atoms with E-state index in [0.29, 0.717) is 18.6 Å². The van der Waals surface area contributed by atoms with E-state index in [1.54, 1.807) is 0 Å². The summed E-state index contributed by atoms with van der Waals surface area (Å²) < 4.78 is 0. The minimum Gasteiger partial charge on any atom is -0.480 e. The van der Waals surface area contributed by atoms with E-state index in [1.807, 2.05) is 75.4 Å². The van der Waals surface area contributed by atoms with Gasteiger partial charge in [-0.25, -0.2) is 0 Å². The number of rotatable bonds is 10. The van der Waals surface area contributed by atoms with Gasteiger partial charge in [0, 0.05) is 19.8 Å². The first-order valence-electron chi connectivity index (χ1n) is 13.2. The molecule has 0 bridgehead atoms. The van der Waals surface area contributed by atoms with Crippen LogP contribution in [0, 0.1) is 0 Å². The van der Waals surface area contributed by atoms with Gasteiger partial charge in [0.25, 0.3) is 0 Å². The third-order valence-electron chi connectivity index (χ3n) is 5.21. The first-order chi connectivity index (χ1) is 18.2. The lowest BCUT2D eigenvalue weighted by molar-refractivity contribution is -0.137. The van der Waals surface area contributed by atoms with Crippen LogP contribution in [0.5, 0.6) is 0 Å². The van der Waals surface area contributed by atoms with Gasteiger partial charge in [-0.2, -0.15) is 0 Å². The number of carbonyl (C=O) groups excluding carboxylic acids is 2. The van der Waals surface area contributed by atoms with Crippen molar-refractivity contribution in [1.29, 1.82) is 0 Å². The van der Waals surface area contributed by atoms with Crippen molar-refractivity contribution in [2.75, 3.05) is 13.2 Å². The Labute approximate surface area is 229 Å². The molecule has 2 aromatic rings. The molecule has 1 amide bonds. The number of aliphatic carboxylic acids is 1. The number of hydrogen-bond acceptors (Lipinski definition) is 4. The first kappa shape index (κ1) is 36.6. The summed E-state index contributed by atoms with van der Waals surface area (Å²) in [5.41, 5.74) is 4.56. The van der Waals surface area contributed by atoms with Gasteiger partial charge in [0.2, 0.25) is 5.91 Å². The van der Waals surface area contributed by atoms with Crippen molar-refractivity contribution in [2.45, 2.75) is 73.6 Å². The summed E-state index contributed by atoms with van der Waals surface area (Å²) in [6, 6.07) is 20.1. The lowest BCUT2D eigenvalue weighted by atomic mass is 9.99. The van der Waals surface area contributed by atoms with Crippen molar-refractivity contribution < 1.29 is 24.6 Å². The molecule has 38 heavy (non-hydrogen) atoms. The molecular formula is C32H47NO5. The minimum absolute atomic E-state index is 0.112. The summed E-state index contributed by atoms with van der Waals surface area (Å²) in [4.78, 5) is 30.9. The molecule has 0 aliphatic heterocycles. The highest BCUT2D eigenvalue weighted by molar-refractivity contribution is 5.80. The van der Waals surface area contributed by atoms with E-state index >= 15 is 0 Å². The average Bonchev–Trinajstić information content (AvgIpc) is 2.95. The molecule has 6 nitrogen and oxygen atoms in total. The summed E-state index contributed by atoms with van der Waals surface area (Å²) in [7, 11) is 0. The maximum atomic E-state index is 11.2. The Morgan fingerprint density at radius 1 is 0.763 bits per heavy atom. The second kappa shape index (κ2) is 25.2. The summed E-state index contributed by atoms with van der Waals surface area (Å²) in [6.45, 7) is 11.3. The highest BCUT2D eigenvalue weighted by Gasteiger charge is 2.03. The molecule has 0 unspecified atom stereocenters. The number of carboxylic acids is 1. The molecule has 3 N–H and O–H groups in total. The first-order valence-corrected chi connectivity index (χ1v) is 13.2. The Kier molecular flexibility index (Phi) is 24.3. The molecule has 0 atom stereocenters. The molecule has 0 fully saturated rings. The van der Waals surface area contributed by atoms with E-state index < -0.39 is 5.97 Å². The fourth-order valence-corrected chi connectivity index (χ4v) is 2.76. The largest absolute Gasteiger partial charge is 0.480 e. The number of amides is 1. The van der Waals surface area contributed by atoms with Gasteiger partial charge in [0.1, 0.15) is 12.3 Å². The number of Topliss-reactive ketones (excluding diaryl/α,β-unsaturated/α-hetero) is 1. The van der Waals surface area contributed by atoms with Crippen molar-refractivity contribution in [3.8, 4) is 0 Å². The van der Waals surface area contributed by atoms with Gasteiger partial charge >= 0.3 is 5.97 Å². The number of hydrogen-bond donors (Lipinski definition) is 3. The van der Waals surface area contributed by atoms with E-state index in [9.17, 15) is 14.4 Å². The predicted molar refractivity (Wildman–Crippen MR) is 159 cm³/mol. The van der Waals surface area contributed by atoms with Crippen LogP contribution in [0.3, 0.4) is 0 Å². The predicted octanol–water partition coefficient (Wildman–Crippen LogP) is 6.94. The van der Waals surface area contributed by atoms with Crippen LogP contribution in [0.15, 0.2) is 72.8 Å². The Morgan fingerprint density at radius 3 is 1.50 bits per heavy atom. The Bertz CT molecular complexity index is 934. The molecule has 2 rings (SSSR count). The SMILES string of the molecule is C/C=C(/CCC(=O)CC)c1ccccc1.C/C=C(/CO)c1ccccc1.CC(=O)NCC(=O)O.CCCC. The zero-order chi connectivity index (χ0) is 29.2. The number of nitrogens with one attached hydrogen (secondary N) is 1. The van der Waals surface area contributed by atoms with Crippen molar-refractivity contribution in [1.82, 2.24) is 5.32 Å². The molecule has 0 aromatic heterocycles.